The van der Waals surface area contributed by atoms with Crippen LogP contribution in [0.3, 0.4) is 0 Å². The van der Waals surface area contributed by atoms with Crippen molar-refractivity contribution in [2.24, 2.45) is 28.7 Å². The molecule has 1 fully saturated rings. The van der Waals surface area contributed by atoms with Crippen molar-refractivity contribution in [3.8, 4) is 5.75 Å². The molecule has 4 rings (SSSR count). The lowest BCUT2D eigenvalue weighted by atomic mass is 9.89. The van der Waals surface area contributed by atoms with Crippen LogP contribution in [0.1, 0.15) is 93.1 Å². The summed E-state index contributed by atoms with van der Waals surface area (Å²) in [7, 11) is 4.67. The van der Waals surface area contributed by atoms with Gasteiger partial charge >= 0.3 is 5.97 Å². The number of nitrogens with one attached hydrogen (secondary N) is 1. The van der Waals surface area contributed by atoms with Gasteiger partial charge in [-0.3, -0.25) is 24.2 Å². The summed E-state index contributed by atoms with van der Waals surface area (Å²) in [5.74, 6) is -1.35. The lowest BCUT2D eigenvalue weighted by Gasteiger charge is -2.38. The Bertz CT molecular complexity index is 1680. The van der Waals surface area contributed by atoms with E-state index in [1.54, 1.807) is 62.9 Å². The number of benzene rings is 1. The monoisotopic (exact) mass is 825 g/mol. The molecule has 0 radical (unpaired) electrons. The highest BCUT2D eigenvalue weighted by atomic mass is 32.2. The number of nitrogens with zero attached hydrogens (tertiary/aromatic N) is 4. The van der Waals surface area contributed by atoms with Crippen LogP contribution < -0.4 is 10.1 Å². The zero-order valence-electron chi connectivity index (χ0n) is 36.4. The van der Waals surface area contributed by atoms with Crippen molar-refractivity contribution >= 4 is 46.4 Å². The number of ether oxygens (including phenoxy) is 2. The molecular weight excluding hydrogens is 759 g/mol. The van der Waals surface area contributed by atoms with Crippen LogP contribution in [0.25, 0.3) is 0 Å². The van der Waals surface area contributed by atoms with Gasteiger partial charge in [-0.1, -0.05) is 66.2 Å². The minimum absolute atomic E-state index is 0.00511. The minimum Gasteiger partial charge on any atom is -0.497 e. The third-order valence-corrected chi connectivity index (χ3v) is 13.5. The Morgan fingerprint density at radius 1 is 0.983 bits per heavy atom. The Balaban J connectivity index is 1.73. The molecule has 3 aliphatic rings. The molecule has 1 saturated heterocycles. The maximum atomic E-state index is 14.5. The van der Waals surface area contributed by atoms with Gasteiger partial charge in [0.15, 0.2) is 0 Å². The minimum atomic E-state index is -1.03. The second kappa shape index (κ2) is 20.9. The van der Waals surface area contributed by atoms with Gasteiger partial charge in [0.1, 0.15) is 36.0 Å². The largest absolute Gasteiger partial charge is 0.497 e. The number of hydrogen-bond acceptors (Lipinski definition) is 10. The standard InChI is InChI=1S/C44H67N5O8S/c1-12-27(5)38-43(54)49-19-13-14-35(49)44(55)57-37(25(2)3)21-26(4)20-36(50)29(7)40-45-32(24-58-40)22-28(6)39(51)46-34(23-31-15-17-33(56-11)18-16-31)42(53)47(9)30(8)41(52)48(38)10/h15-18,22,25-27,29-30,32,34-38,50H,12-14,19-21,23-24H2,1-11H3,(H,46,51)/b28-22-/t26-,27-,29-,30-,32-,34-,35+,36-,37-,38-/m0/s1. The van der Waals surface area contributed by atoms with E-state index in [-0.39, 0.29) is 42.0 Å². The summed E-state index contributed by atoms with van der Waals surface area (Å²) in [5.41, 5.74) is 1.17. The third kappa shape index (κ3) is 11.4. The molecule has 3 heterocycles. The van der Waals surface area contributed by atoms with Crippen molar-refractivity contribution in [1.29, 1.82) is 0 Å². The highest BCUT2D eigenvalue weighted by Gasteiger charge is 2.44. The number of methoxy groups -OCH3 is 1. The topological polar surface area (TPSA) is 158 Å². The summed E-state index contributed by atoms with van der Waals surface area (Å²) < 4.78 is 11.5. The molecule has 2 bridgehead atoms. The Hall–Kier alpha value is -3.91. The molecule has 3 aliphatic heterocycles. The van der Waals surface area contributed by atoms with Crippen molar-refractivity contribution in [3.63, 3.8) is 0 Å². The average Bonchev–Trinajstić information content (AvgIpc) is 3.89. The van der Waals surface area contributed by atoms with Crippen LogP contribution in [0.5, 0.6) is 5.75 Å². The quantitative estimate of drug-likeness (QED) is 0.382. The number of carbonyl (C=O) groups is 5. The van der Waals surface area contributed by atoms with Gasteiger partial charge < -0.3 is 34.6 Å². The van der Waals surface area contributed by atoms with Crippen molar-refractivity contribution in [3.05, 3.63) is 41.5 Å². The number of carbonyl (C=O) groups excluding carboxylic acids is 5. The molecule has 58 heavy (non-hydrogen) atoms. The molecule has 4 amide bonds. The maximum absolute atomic E-state index is 14.5. The van der Waals surface area contributed by atoms with E-state index in [9.17, 15) is 29.1 Å². The van der Waals surface area contributed by atoms with Crippen LogP contribution in [-0.2, 0) is 35.1 Å². The molecule has 0 unspecified atom stereocenters. The molecule has 0 aromatic heterocycles. The fourth-order valence-corrected chi connectivity index (χ4v) is 9.17. The van der Waals surface area contributed by atoms with E-state index in [1.807, 2.05) is 53.7 Å². The van der Waals surface area contributed by atoms with Crippen LogP contribution in [-0.4, -0.2) is 130 Å². The first-order valence-electron chi connectivity index (χ1n) is 20.9. The molecule has 0 aliphatic carbocycles. The summed E-state index contributed by atoms with van der Waals surface area (Å²) in [6.45, 7) is 15.5. The summed E-state index contributed by atoms with van der Waals surface area (Å²) in [6.07, 6.45) is 3.52. The Morgan fingerprint density at radius 2 is 1.66 bits per heavy atom. The lowest BCUT2D eigenvalue weighted by molar-refractivity contribution is -0.163. The summed E-state index contributed by atoms with van der Waals surface area (Å²) in [6, 6.07) is 3.22. The first-order chi connectivity index (χ1) is 27.4. The molecular formula is C44H67N5O8S. The van der Waals surface area contributed by atoms with Gasteiger partial charge in [-0.2, -0.15) is 0 Å². The van der Waals surface area contributed by atoms with Crippen molar-refractivity contribution < 1.29 is 38.6 Å². The van der Waals surface area contributed by atoms with E-state index in [0.29, 0.717) is 55.7 Å². The van der Waals surface area contributed by atoms with E-state index in [4.69, 9.17) is 14.5 Å². The number of amides is 4. The lowest BCUT2D eigenvalue weighted by Crippen LogP contribution is -2.59. The number of hydrogen-bond donors (Lipinski definition) is 2. The zero-order chi connectivity index (χ0) is 43.0. The van der Waals surface area contributed by atoms with Crippen LogP contribution >= 0.6 is 11.8 Å². The molecule has 10 atom stereocenters. The molecule has 1 aromatic rings. The van der Waals surface area contributed by atoms with E-state index < -0.39 is 60.1 Å². The van der Waals surface area contributed by atoms with Gasteiger partial charge in [0, 0.05) is 44.3 Å². The highest BCUT2D eigenvalue weighted by molar-refractivity contribution is 8.14. The number of aliphatic hydroxyl groups excluding tert-OH is 1. The van der Waals surface area contributed by atoms with Gasteiger partial charge in [-0.15, -0.1) is 11.8 Å². The molecule has 13 nitrogen and oxygen atoms in total. The molecule has 1 aromatic carbocycles. The fourth-order valence-electron chi connectivity index (χ4n) is 8.03. The van der Waals surface area contributed by atoms with E-state index >= 15 is 0 Å². The van der Waals surface area contributed by atoms with Crippen LogP contribution in [0.2, 0.25) is 0 Å². The van der Waals surface area contributed by atoms with Crippen molar-refractivity contribution in [1.82, 2.24) is 20.0 Å². The van der Waals surface area contributed by atoms with Gasteiger partial charge in [0.25, 0.3) is 0 Å². The number of cyclic esters (lactones) is 1. The first-order valence-corrected chi connectivity index (χ1v) is 21.9. The van der Waals surface area contributed by atoms with Crippen molar-refractivity contribution in [2.45, 2.75) is 136 Å². The second-order valence-corrected chi connectivity index (χ2v) is 18.1. The smallest absolute Gasteiger partial charge is 0.329 e. The number of aliphatic hydroxyl groups is 1. The average molecular weight is 826 g/mol. The highest BCUT2D eigenvalue weighted by Crippen LogP contribution is 2.31. The SMILES string of the molecule is CC[C@H](C)[C@H]1C(=O)N2CCC[C@@H]2C(=O)O[C@H](C(C)C)C[C@@H](C)C[C@H](O)[C@H](C)C2=N[C@@H](/C=C(/C)C(=O)N[C@@H](Cc3ccc(OC)cc3)C(=O)N(C)[C@@H](C)C(=O)N1C)CS2. The number of likely N-dealkylation sites (N-methyl/N-ethyl adjacent to an activating group) is 2. The predicted molar refractivity (Wildman–Crippen MR) is 227 cm³/mol. The van der Waals surface area contributed by atoms with Gasteiger partial charge in [-0.25, -0.2) is 4.79 Å². The predicted octanol–water partition coefficient (Wildman–Crippen LogP) is 4.89. The van der Waals surface area contributed by atoms with E-state index in [2.05, 4.69) is 5.32 Å². The summed E-state index contributed by atoms with van der Waals surface area (Å²) >= 11 is 1.56. The Labute approximate surface area is 349 Å². The van der Waals surface area contributed by atoms with E-state index in [1.165, 1.54) is 16.8 Å². The Kier molecular flexibility index (Phi) is 16.8. The van der Waals surface area contributed by atoms with Gasteiger partial charge in [0.05, 0.1) is 24.3 Å². The number of thioether (sulfide) groups is 1. The first kappa shape index (κ1) is 46.8. The number of aliphatic imine (C=N–C) groups is 1. The van der Waals surface area contributed by atoms with Crippen LogP contribution in [0, 0.1) is 23.7 Å². The number of fused-ring (bicyclic) bond motifs is 2. The maximum Gasteiger partial charge on any atom is 0.329 e. The molecule has 0 saturated carbocycles. The molecule has 14 heteroatoms. The van der Waals surface area contributed by atoms with Gasteiger partial charge in [0.2, 0.25) is 23.6 Å². The van der Waals surface area contributed by atoms with E-state index in [0.717, 1.165) is 10.6 Å². The number of rotatable bonds is 6. The fraction of sp³-hybridized carbons (Fsp3) is 0.682. The second-order valence-electron chi connectivity index (χ2n) is 17.0. The molecule has 2 N–H and O–H groups in total. The summed E-state index contributed by atoms with van der Waals surface area (Å²) in [5, 5.41) is 15.1. The Morgan fingerprint density at radius 3 is 2.28 bits per heavy atom. The number of esters is 1. The van der Waals surface area contributed by atoms with Crippen LogP contribution in [0.15, 0.2) is 40.9 Å². The van der Waals surface area contributed by atoms with Crippen LogP contribution in [0.4, 0.5) is 0 Å². The van der Waals surface area contributed by atoms with Gasteiger partial charge in [-0.05, 0) is 75.0 Å². The normalized spacial score (nSPS) is 31.8. The zero-order valence-corrected chi connectivity index (χ0v) is 37.2. The third-order valence-electron chi connectivity index (χ3n) is 12.2. The molecule has 0 spiro atoms. The van der Waals surface area contributed by atoms with Crippen molar-refractivity contribution in [2.75, 3.05) is 33.5 Å². The molecule has 322 valence electrons. The summed E-state index contributed by atoms with van der Waals surface area (Å²) in [4.78, 5) is 80.1.